The molecule has 1 aliphatic rings. The molecule has 142 valence electrons. The van der Waals surface area contributed by atoms with Crippen molar-refractivity contribution < 1.29 is 14.3 Å². The van der Waals surface area contributed by atoms with Crippen LogP contribution in [0, 0.1) is 0 Å². The minimum absolute atomic E-state index is 0.00149. The minimum atomic E-state index is -0.365. The molecule has 0 unspecified atom stereocenters. The van der Waals surface area contributed by atoms with Gasteiger partial charge in [-0.15, -0.1) is 11.8 Å². The van der Waals surface area contributed by atoms with E-state index in [1.807, 2.05) is 36.4 Å². The van der Waals surface area contributed by atoms with Crippen LogP contribution >= 0.6 is 23.4 Å². The van der Waals surface area contributed by atoms with E-state index < -0.39 is 0 Å². The number of carbonyl (C=O) groups is 2. The van der Waals surface area contributed by atoms with Gasteiger partial charge in [0, 0.05) is 15.7 Å². The van der Waals surface area contributed by atoms with Gasteiger partial charge in [0.05, 0.1) is 12.5 Å². The molecule has 2 aromatic rings. The summed E-state index contributed by atoms with van der Waals surface area (Å²) in [6.45, 7) is -0.233. The van der Waals surface area contributed by atoms with Crippen LogP contribution in [0.5, 0.6) is 0 Å². The molecule has 0 saturated heterocycles. The highest BCUT2D eigenvalue weighted by molar-refractivity contribution is 7.99. The lowest BCUT2D eigenvalue weighted by Gasteiger charge is -2.26. The number of carbonyl (C=O) groups excluding carboxylic acids is 2. The van der Waals surface area contributed by atoms with Crippen molar-refractivity contribution in [2.45, 2.75) is 36.6 Å². The zero-order chi connectivity index (χ0) is 19.1. The van der Waals surface area contributed by atoms with Crippen molar-refractivity contribution in [2.75, 3.05) is 12.4 Å². The highest BCUT2D eigenvalue weighted by atomic mass is 35.5. The summed E-state index contributed by atoms with van der Waals surface area (Å²) >= 11 is 7.40. The second-order valence-corrected chi connectivity index (χ2v) is 8.03. The van der Waals surface area contributed by atoms with E-state index in [-0.39, 0.29) is 30.9 Å². The van der Waals surface area contributed by atoms with Crippen LogP contribution in [0.4, 0.5) is 0 Å². The molecule has 0 radical (unpaired) electrons. The first-order chi connectivity index (χ1) is 13.1. The van der Waals surface area contributed by atoms with Crippen molar-refractivity contribution in [1.29, 1.82) is 0 Å². The molecule has 0 aliphatic heterocycles. The number of amides is 1. The first kappa shape index (κ1) is 19.8. The Labute approximate surface area is 168 Å². The highest BCUT2D eigenvalue weighted by Crippen LogP contribution is 2.29. The van der Waals surface area contributed by atoms with E-state index in [4.69, 9.17) is 16.3 Å². The fourth-order valence-electron chi connectivity index (χ4n) is 3.14. The molecule has 1 N–H and O–H groups in total. The number of fused-ring (bicyclic) bond motifs is 1. The summed E-state index contributed by atoms with van der Waals surface area (Å²) < 4.78 is 5.10. The monoisotopic (exact) mass is 403 g/mol. The van der Waals surface area contributed by atoms with E-state index in [1.165, 1.54) is 11.1 Å². The second-order valence-electron chi connectivity index (χ2n) is 6.42. The van der Waals surface area contributed by atoms with Gasteiger partial charge in [-0.1, -0.05) is 35.9 Å². The standard InChI is InChI=1S/C21H22ClNO3S/c22-16-8-10-17(11-9-16)27-13-12-21(25)26-14-20(24)23-19-7-3-5-15-4-1-2-6-18(15)19/h1-2,4,6,8-11,19H,3,5,7,12-14H2,(H,23,24)/t19-/m0/s1. The van der Waals surface area contributed by atoms with Crippen molar-refractivity contribution in [3.8, 4) is 0 Å². The van der Waals surface area contributed by atoms with Gasteiger partial charge in [0.15, 0.2) is 6.61 Å². The summed E-state index contributed by atoms with van der Waals surface area (Å²) in [7, 11) is 0. The molecule has 0 saturated carbocycles. The number of rotatable bonds is 7. The molecule has 6 heteroatoms. The number of nitrogens with one attached hydrogen (secondary N) is 1. The van der Waals surface area contributed by atoms with Gasteiger partial charge in [0.1, 0.15) is 0 Å². The number of hydrogen-bond acceptors (Lipinski definition) is 4. The first-order valence-corrected chi connectivity index (χ1v) is 10.4. The Balaban J connectivity index is 1.38. The Kier molecular flexibility index (Phi) is 7.18. The average molecular weight is 404 g/mol. The molecule has 2 aromatic carbocycles. The van der Waals surface area contributed by atoms with Crippen LogP contribution in [-0.4, -0.2) is 24.2 Å². The third-order valence-corrected chi connectivity index (χ3v) is 5.72. The third-order valence-electron chi connectivity index (χ3n) is 4.46. The van der Waals surface area contributed by atoms with Crippen LogP contribution in [0.25, 0.3) is 0 Å². The maximum absolute atomic E-state index is 12.1. The summed E-state index contributed by atoms with van der Waals surface area (Å²) in [5.74, 6) is -0.0241. The Morgan fingerprint density at radius 3 is 2.74 bits per heavy atom. The molecule has 1 atom stereocenters. The number of halogens is 1. The topological polar surface area (TPSA) is 55.4 Å². The number of aryl methyl sites for hydroxylation is 1. The molecule has 0 spiro atoms. The maximum atomic E-state index is 12.1. The van der Waals surface area contributed by atoms with Crippen molar-refractivity contribution in [3.63, 3.8) is 0 Å². The van der Waals surface area contributed by atoms with Crippen LogP contribution in [0.15, 0.2) is 53.4 Å². The Morgan fingerprint density at radius 1 is 1.15 bits per heavy atom. The smallest absolute Gasteiger partial charge is 0.307 e. The molecule has 0 aromatic heterocycles. The zero-order valence-corrected chi connectivity index (χ0v) is 16.5. The normalized spacial score (nSPS) is 15.7. The quantitative estimate of drug-likeness (QED) is 0.544. The molecule has 1 amide bonds. The lowest BCUT2D eigenvalue weighted by molar-refractivity contribution is -0.148. The van der Waals surface area contributed by atoms with Crippen LogP contribution in [0.3, 0.4) is 0 Å². The lowest BCUT2D eigenvalue weighted by atomic mass is 9.88. The second kappa shape index (κ2) is 9.81. The lowest BCUT2D eigenvalue weighted by Crippen LogP contribution is -2.34. The van der Waals surface area contributed by atoms with E-state index in [0.29, 0.717) is 10.8 Å². The van der Waals surface area contributed by atoms with Crippen molar-refractivity contribution in [1.82, 2.24) is 5.32 Å². The number of esters is 1. The third kappa shape index (κ3) is 6.01. The summed E-state index contributed by atoms with van der Waals surface area (Å²) in [5.41, 5.74) is 2.45. The Bertz CT molecular complexity index is 794. The first-order valence-electron chi connectivity index (χ1n) is 9.03. The Hall–Kier alpha value is -1.98. The van der Waals surface area contributed by atoms with E-state index in [0.717, 1.165) is 24.2 Å². The van der Waals surface area contributed by atoms with Gasteiger partial charge >= 0.3 is 5.97 Å². The fourth-order valence-corrected chi connectivity index (χ4v) is 4.10. The van der Waals surface area contributed by atoms with E-state index in [2.05, 4.69) is 17.4 Å². The average Bonchev–Trinajstić information content (AvgIpc) is 2.68. The summed E-state index contributed by atoms with van der Waals surface area (Å²) in [5, 5.41) is 3.67. The molecule has 0 fully saturated rings. The van der Waals surface area contributed by atoms with Gasteiger partial charge in [0.25, 0.3) is 5.91 Å². The van der Waals surface area contributed by atoms with Gasteiger partial charge in [-0.3, -0.25) is 9.59 Å². The number of benzene rings is 2. The van der Waals surface area contributed by atoms with Gasteiger partial charge in [-0.25, -0.2) is 0 Å². The largest absolute Gasteiger partial charge is 0.456 e. The summed E-state index contributed by atoms with van der Waals surface area (Å²) in [4.78, 5) is 25.0. The van der Waals surface area contributed by atoms with Crippen molar-refractivity contribution in [3.05, 3.63) is 64.7 Å². The molecule has 0 bridgehead atoms. The van der Waals surface area contributed by atoms with Gasteiger partial charge in [-0.2, -0.15) is 0 Å². The highest BCUT2D eigenvalue weighted by Gasteiger charge is 2.21. The maximum Gasteiger partial charge on any atom is 0.307 e. The van der Waals surface area contributed by atoms with Crippen LogP contribution < -0.4 is 5.32 Å². The molecule has 27 heavy (non-hydrogen) atoms. The predicted molar refractivity (Wildman–Crippen MR) is 108 cm³/mol. The molecule has 0 heterocycles. The zero-order valence-electron chi connectivity index (χ0n) is 14.9. The van der Waals surface area contributed by atoms with Crippen LogP contribution in [0.1, 0.15) is 36.4 Å². The molecule has 1 aliphatic carbocycles. The number of ether oxygens (including phenoxy) is 1. The van der Waals surface area contributed by atoms with E-state index in [1.54, 1.807) is 11.8 Å². The molecule has 3 rings (SSSR count). The predicted octanol–water partition coefficient (Wildman–Crippen LogP) is 4.56. The van der Waals surface area contributed by atoms with E-state index in [9.17, 15) is 9.59 Å². The van der Waals surface area contributed by atoms with Crippen LogP contribution in [0.2, 0.25) is 5.02 Å². The SMILES string of the molecule is O=C(COC(=O)CCSc1ccc(Cl)cc1)N[C@H]1CCCc2ccccc21. The van der Waals surface area contributed by atoms with Crippen molar-refractivity contribution in [2.24, 2.45) is 0 Å². The van der Waals surface area contributed by atoms with Crippen LogP contribution in [-0.2, 0) is 20.7 Å². The number of thioether (sulfide) groups is 1. The van der Waals surface area contributed by atoms with Crippen molar-refractivity contribution >= 4 is 35.2 Å². The molecule has 4 nitrogen and oxygen atoms in total. The molecular formula is C21H22ClNO3S. The summed E-state index contributed by atoms with van der Waals surface area (Å²) in [6, 6.07) is 15.6. The molecular weight excluding hydrogens is 382 g/mol. The number of hydrogen-bond donors (Lipinski definition) is 1. The minimum Gasteiger partial charge on any atom is -0.456 e. The summed E-state index contributed by atoms with van der Waals surface area (Å²) in [6.07, 6.45) is 3.26. The fraction of sp³-hybridized carbons (Fsp3) is 0.333. The van der Waals surface area contributed by atoms with Gasteiger partial charge < -0.3 is 10.1 Å². The van der Waals surface area contributed by atoms with Gasteiger partial charge in [-0.05, 0) is 54.7 Å². The Morgan fingerprint density at radius 2 is 1.93 bits per heavy atom. The van der Waals surface area contributed by atoms with Gasteiger partial charge in [0.2, 0.25) is 0 Å². The van der Waals surface area contributed by atoms with E-state index >= 15 is 0 Å².